The highest BCUT2D eigenvalue weighted by Crippen LogP contribution is 2.31. The van der Waals surface area contributed by atoms with Gasteiger partial charge in [-0.3, -0.25) is 9.59 Å². The van der Waals surface area contributed by atoms with Crippen LogP contribution in [0.25, 0.3) is 0 Å². The van der Waals surface area contributed by atoms with Crippen molar-refractivity contribution in [1.82, 2.24) is 9.80 Å². The summed E-state index contributed by atoms with van der Waals surface area (Å²) in [4.78, 5) is 43.3. The Morgan fingerprint density at radius 3 is 2.29 bits per heavy atom. The summed E-state index contributed by atoms with van der Waals surface area (Å²) >= 11 is 0. The monoisotopic (exact) mass is 477 g/mol. The van der Waals surface area contributed by atoms with Crippen LogP contribution in [0.3, 0.4) is 0 Å². The molecule has 2 N–H and O–H groups in total. The van der Waals surface area contributed by atoms with E-state index in [4.69, 9.17) is 0 Å². The summed E-state index contributed by atoms with van der Waals surface area (Å²) < 4.78 is 0. The fraction of sp³-hybridized carbons (Fsp3) is 0.444. The smallest absolute Gasteiger partial charge is 0.321 e. The van der Waals surface area contributed by atoms with Crippen molar-refractivity contribution in [3.05, 3.63) is 54.1 Å². The molecule has 2 aliphatic rings. The highest BCUT2D eigenvalue weighted by Gasteiger charge is 2.33. The Morgan fingerprint density at radius 2 is 1.66 bits per heavy atom. The third-order valence-electron chi connectivity index (χ3n) is 6.42. The second-order valence-corrected chi connectivity index (χ2v) is 9.40. The molecule has 1 aliphatic heterocycles. The Bertz CT molecular complexity index is 1040. The normalized spacial score (nSPS) is 15.5. The lowest BCUT2D eigenvalue weighted by Crippen LogP contribution is -2.50. The van der Waals surface area contributed by atoms with Crippen molar-refractivity contribution >= 4 is 34.9 Å². The maximum Gasteiger partial charge on any atom is 0.321 e. The van der Waals surface area contributed by atoms with Crippen molar-refractivity contribution in [3.8, 4) is 0 Å². The van der Waals surface area contributed by atoms with Gasteiger partial charge in [-0.25, -0.2) is 4.79 Å². The zero-order valence-corrected chi connectivity index (χ0v) is 20.6. The van der Waals surface area contributed by atoms with E-state index in [-0.39, 0.29) is 30.3 Å². The first-order valence-corrected chi connectivity index (χ1v) is 12.5. The van der Waals surface area contributed by atoms with E-state index in [1.165, 1.54) is 0 Å². The van der Waals surface area contributed by atoms with Crippen LogP contribution in [0.15, 0.2) is 48.5 Å². The molecule has 1 aliphatic carbocycles. The maximum atomic E-state index is 12.6. The number of carbonyl (C=O) groups is 3. The van der Waals surface area contributed by atoms with Gasteiger partial charge in [0.2, 0.25) is 11.8 Å². The second kappa shape index (κ2) is 11.3. The van der Waals surface area contributed by atoms with Gasteiger partial charge in [0.25, 0.3) is 0 Å². The Labute approximate surface area is 207 Å². The molecule has 2 aromatic carbocycles. The predicted octanol–water partition coefficient (Wildman–Crippen LogP) is 3.94. The van der Waals surface area contributed by atoms with Gasteiger partial charge in [0.15, 0.2) is 0 Å². The van der Waals surface area contributed by atoms with Gasteiger partial charge in [-0.15, -0.1) is 0 Å². The average Bonchev–Trinajstić information content (AvgIpc) is 3.69. The number of nitrogens with one attached hydrogen (secondary N) is 2. The first-order valence-electron chi connectivity index (χ1n) is 12.5. The van der Waals surface area contributed by atoms with Gasteiger partial charge in [-0.05, 0) is 68.1 Å². The van der Waals surface area contributed by atoms with Crippen molar-refractivity contribution in [1.29, 1.82) is 0 Å². The summed E-state index contributed by atoms with van der Waals surface area (Å²) in [5.74, 6) is 0.0419. The minimum Gasteiger partial charge on any atom is -0.368 e. The third kappa shape index (κ3) is 6.74. The van der Waals surface area contributed by atoms with E-state index in [1.807, 2.05) is 67.3 Å². The van der Waals surface area contributed by atoms with Gasteiger partial charge in [0, 0.05) is 55.7 Å². The average molecular weight is 478 g/mol. The van der Waals surface area contributed by atoms with E-state index < -0.39 is 0 Å². The van der Waals surface area contributed by atoms with Crippen LogP contribution in [0.2, 0.25) is 0 Å². The molecule has 186 valence electrons. The summed E-state index contributed by atoms with van der Waals surface area (Å²) in [6.45, 7) is 7.47. The molecular formula is C27H35N5O3. The summed E-state index contributed by atoms with van der Waals surface area (Å²) in [5.41, 5.74) is 3.69. The fourth-order valence-electron chi connectivity index (χ4n) is 4.35. The Hall–Kier alpha value is -3.55. The second-order valence-electron chi connectivity index (χ2n) is 9.40. The SMILES string of the molecule is CCCN(CC(=O)Nc1ccc(N2CCN(C(=O)Nc3cccc(C)c3)CC2)cc1)C(=O)C1CC1. The molecule has 35 heavy (non-hydrogen) atoms. The summed E-state index contributed by atoms with van der Waals surface area (Å²) in [6.07, 6.45) is 2.71. The van der Waals surface area contributed by atoms with Crippen molar-refractivity contribution in [2.75, 3.05) is 54.8 Å². The number of urea groups is 1. The third-order valence-corrected chi connectivity index (χ3v) is 6.42. The van der Waals surface area contributed by atoms with Gasteiger partial charge < -0.3 is 25.3 Å². The summed E-state index contributed by atoms with van der Waals surface area (Å²) in [5, 5.41) is 5.89. The van der Waals surface area contributed by atoms with Crippen molar-refractivity contribution in [3.63, 3.8) is 0 Å². The lowest BCUT2D eigenvalue weighted by Gasteiger charge is -2.36. The largest absolute Gasteiger partial charge is 0.368 e. The van der Waals surface area contributed by atoms with Crippen molar-refractivity contribution < 1.29 is 14.4 Å². The zero-order chi connectivity index (χ0) is 24.8. The van der Waals surface area contributed by atoms with Crippen LogP contribution in [-0.4, -0.2) is 66.9 Å². The fourth-order valence-corrected chi connectivity index (χ4v) is 4.35. The van der Waals surface area contributed by atoms with Crippen molar-refractivity contribution in [2.24, 2.45) is 5.92 Å². The highest BCUT2D eigenvalue weighted by atomic mass is 16.2. The molecule has 0 atom stereocenters. The van der Waals surface area contributed by atoms with Crippen LogP contribution >= 0.6 is 0 Å². The topological polar surface area (TPSA) is 85.0 Å². The molecule has 0 unspecified atom stereocenters. The molecule has 2 fully saturated rings. The minimum absolute atomic E-state index is 0.0782. The number of anilines is 3. The minimum atomic E-state index is -0.173. The number of amides is 4. The number of piperazine rings is 1. The number of benzene rings is 2. The molecule has 4 rings (SSSR count). The van der Waals surface area contributed by atoms with Crippen LogP contribution in [0.4, 0.5) is 21.9 Å². The molecule has 4 amide bonds. The number of carbonyl (C=O) groups excluding carboxylic acids is 3. The lowest BCUT2D eigenvalue weighted by atomic mass is 10.2. The molecular weight excluding hydrogens is 442 g/mol. The first kappa shape index (κ1) is 24.6. The van der Waals surface area contributed by atoms with Crippen LogP contribution < -0.4 is 15.5 Å². The number of aryl methyl sites for hydroxylation is 1. The lowest BCUT2D eigenvalue weighted by molar-refractivity contribution is -0.135. The molecule has 1 heterocycles. The highest BCUT2D eigenvalue weighted by molar-refractivity contribution is 5.95. The Kier molecular flexibility index (Phi) is 7.90. The first-order chi connectivity index (χ1) is 16.9. The zero-order valence-electron chi connectivity index (χ0n) is 20.6. The molecule has 1 saturated carbocycles. The molecule has 8 heteroatoms. The van der Waals surface area contributed by atoms with E-state index in [0.29, 0.717) is 25.3 Å². The predicted molar refractivity (Wildman–Crippen MR) is 139 cm³/mol. The summed E-state index contributed by atoms with van der Waals surface area (Å²) in [6, 6.07) is 15.5. The van der Waals surface area contributed by atoms with E-state index in [0.717, 1.165) is 49.3 Å². The molecule has 0 spiro atoms. The molecule has 0 aromatic heterocycles. The van der Waals surface area contributed by atoms with E-state index in [2.05, 4.69) is 15.5 Å². The Balaban J connectivity index is 1.25. The van der Waals surface area contributed by atoms with E-state index in [1.54, 1.807) is 4.90 Å². The number of hydrogen-bond donors (Lipinski definition) is 2. The molecule has 8 nitrogen and oxygen atoms in total. The molecule has 2 aromatic rings. The van der Waals surface area contributed by atoms with Gasteiger partial charge in [0.1, 0.15) is 0 Å². The molecule has 1 saturated heterocycles. The van der Waals surface area contributed by atoms with Crippen LogP contribution in [0.1, 0.15) is 31.7 Å². The maximum absolute atomic E-state index is 12.6. The van der Waals surface area contributed by atoms with Crippen LogP contribution in [-0.2, 0) is 9.59 Å². The molecule has 0 bridgehead atoms. The van der Waals surface area contributed by atoms with E-state index in [9.17, 15) is 14.4 Å². The standard InChI is InChI=1S/C27H35N5O3/c1-3-13-32(26(34)21-7-8-21)19-25(33)28-22-9-11-24(12-10-22)30-14-16-31(17-15-30)27(35)29-23-6-4-5-20(2)18-23/h4-6,9-12,18,21H,3,7-8,13-17,19H2,1-2H3,(H,28,33)(H,29,35). The summed E-state index contributed by atoms with van der Waals surface area (Å²) in [7, 11) is 0. The van der Waals surface area contributed by atoms with Crippen molar-refractivity contribution in [2.45, 2.75) is 33.1 Å². The quantitative estimate of drug-likeness (QED) is 0.603. The number of rotatable bonds is 8. The Morgan fingerprint density at radius 1 is 0.943 bits per heavy atom. The number of nitrogens with zero attached hydrogens (tertiary/aromatic N) is 3. The van der Waals surface area contributed by atoms with Gasteiger partial charge in [-0.1, -0.05) is 19.1 Å². The van der Waals surface area contributed by atoms with E-state index >= 15 is 0 Å². The van der Waals surface area contributed by atoms with Gasteiger partial charge >= 0.3 is 6.03 Å². The molecule has 0 radical (unpaired) electrons. The van der Waals surface area contributed by atoms with Gasteiger partial charge in [-0.2, -0.15) is 0 Å². The van der Waals surface area contributed by atoms with Crippen LogP contribution in [0.5, 0.6) is 0 Å². The number of hydrogen-bond acceptors (Lipinski definition) is 4. The van der Waals surface area contributed by atoms with Gasteiger partial charge in [0.05, 0.1) is 6.54 Å². The van der Waals surface area contributed by atoms with Crippen LogP contribution in [0, 0.1) is 12.8 Å².